The first-order chi connectivity index (χ1) is 16.4. The molecule has 6 nitrogen and oxygen atoms in total. The first-order valence-electron chi connectivity index (χ1n) is 11.0. The van der Waals surface area contributed by atoms with Gasteiger partial charge in [0, 0.05) is 0 Å². The van der Waals surface area contributed by atoms with E-state index in [-0.39, 0.29) is 14.3 Å². The molecular weight excluding hydrogens is 568 g/mol. The third-order valence-corrected chi connectivity index (χ3v) is 10.7. The van der Waals surface area contributed by atoms with Crippen molar-refractivity contribution in [3.8, 4) is 0 Å². The topological polar surface area (TPSA) is 79.4 Å². The summed E-state index contributed by atoms with van der Waals surface area (Å²) in [6.07, 6.45) is -0.221. The number of thioether (sulfide) groups is 1. The van der Waals surface area contributed by atoms with Gasteiger partial charge in [-0.1, -0.05) is 0 Å². The van der Waals surface area contributed by atoms with Crippen LogP contribution in [0.5, 0.6) is 0 Å². The fraction of sp³-hybridized carbons (Fsp3) is 0.360. The molecule has 9 heteroatoms. The number of hydrogen-bond acceptors (Lipinski definition) is 6. The van der Waals surface area contributed by atoms with Gasteiger partial charge >= 0.3 is 214 Å². The van der Waals surface area contributed by atoms with E-state index in [4.69, 9.17) is 15.2 Å². The standard InChI is InChI=1S/C25H28FIN3O3S/c1-16-3-7-18(8-4-16)13-32-15-20-23(33-14-19-9-5-17(2)6-10-19)22(26)24(34-20)27-30-12-11-21(28)29-25(30)31/h3-12,20,22-24H,13-15H2,1-2H3,(H2,28,29,31)/q-1/t20-,22+,23-,24?/m1/s1. The van der Waals surface area contributed by atoms with Crippen LogP contribution in [0.25, 0.3) is 0 Å². The summed E-state index contributed by atoms with van der Waals surface area (Å²) in [7, 11) is 0. The van der Waals surface area contributed by atoms with Gasteiger partial charge in [0.05, 0.1) is 0 Å². The molecule has 2 N–H and O–H groups in total. The Balaban J connectivity index is 1.43. The summed E-state index contributed by atoms with van der Waals surface area (Å²) in [4.78, 5) is 16.0. The maximum atomic E-state index is 15.6. The van der Waals surface area contributed by atoms with Gasteiger partial charge in [0.25, 0.3) is 0 Å². The molecule has 1 fully saturated rings. The molecule has 2 aromatic carbocycles. The van der Waals surface area contributed by atoms with Gasteiger partial charge < -0.3 is 0 Å². The Hall–Kier alpha value is -1.95. The molecule has 0 aliphatic carbocycles. The predicted molar refractivity (Wildman–Crippen MR) is 129 cm³/mol. The van der Waals surface area contributed by atoms with E-state index < -0.39 is 39.4 Å². The van der Waals surface area contributed by atoms with Crippen molar-refractivity contribution >= 4 is 17.6 Å². The third kappa shape index (κ3) is 6.59. The molecule has 1 unspecified atom stereocenters. The number of nitrogen functional groups attached to an aromatic ring is 1. The second-order valence-electron chi connectivity index (χ2n) is 8.28. The zero-order valence-electron chi connectivity index (χ0n) is 19.1. The van der Waals surface area contributed by atoms with Crippen molar-refractivity contribution in [2.75, 3.05) is 12.3 Å². The van der Waals surface area contributed by atoms with Crippen molar-refractivity contribution in [1.29, 1.82) is 0 Å². The number of nitrogens with two attached hydrogens (primary N) is 1. The van der Waals surface area contributed by atoms with Gasteiger partial charge in [0.1, 0.15) is 0 Å². The number of aromatic nitrogens is 2. The second-order valence-corrected chi connectivity index (χ2v) is 13.4. The van der Waals surface area contributed by atoms with Crippen LogP contribution in [0.4, 0.5) is 10.2 Å². The molecule has 1 aliphatic heterocycles. The van der Waals surface area contributed by atoms with Gasteiger partial charge in [-0.05, 0) is 0 Å². The fourth-order valence-electron chi connectivity index (χ4n) is 3.52. The Morgan fingerprint density at radius 1 is 1.03 bits per heavy atom. The summed E-state index contributed by atoms with van der Waals surface area (Å²) in [5.74, 6) is 0.169. The van der Waals surface area contributed by atoms with E-state index in [0.717, 1.165) is 11.1 Å². The van der Waals surface area contributed by atoms with Crippen LogP contribution in [-0.4, -0.2) is 35.2 Å². The number of aryl methyl sites for hydroxylation is 2. The number of rotatable bonds is 9. The molecule has 1 saturated heterocycles. The van der Waals surface area contributed by atoms with Crippen LogP contribution >= 0.6 is 11.8 Å². The molecule has 4 atom stereocenters. The fourth-order valence-corrected chi connectivity index (χ4v) is 8.86. The Bertz CT molecular complexity index is 1140. The van der Waals surface area contributed by atoms with E-state index >= 15 is 4.39 Å². The Morgan fingerprint density at radius 2 is 1.65 bits per heavy atom. The first-order valence-corrected chi connectivity index (χ1v) is 14.1. The van der Waals surface area contributed by atoms with Crippen LogP contribution in [-0.2, 0) is 22.7 Å². The summed E-state index contributed by atoms with van der Waals surface area (Å²) < 4.78 is 28.9. The van der Waals surface area contributed by atoms with Crippen LogP contribution in [0.3, 0.4) is 0 Å². The number of anilines is 1. The second kappa shape index (κ2) is 11.7. The van der Waals surface area contributed by atoms with Crippen LogP contribution in [0, 0.1) is 13.8 Å². The average molecular weight is 596 g/mol. The molecule has 1 aromatic heterocycles. The number of hydrogen-bond donors (Lipinski definition) is 1. The van der Waals surface area contributed by atoms with Crippen molar-refractivity contribution in [2.45, 2.75) is 47.8 Å². The van der Waals surface area contributed by atoms with Crippen LogP contribution in [0.1, 0.15) is 22.3 Å². The van der Waals surface area contributed by atoms with Crippen molar-refractivity contribution < 1.29 is 35.3 Å². The Kier molecular flexibility index (Phi) is 8.62. The van der Waals surface area contributed by atoms with Gasteiger partial charge in [0.2, 0.25) is 0 Å². The summed E-state index contributed by atoms with van der Waals surface area (Å²) in [6, 6.07) is 17.8. The van der Waals surface area contributed by atoms with Gasteiger partial charge in [-0.15, -0.1) is 0 Å². The van der Waals surface area contributed by atoms with E-state index in [0.29, 0.717) is 19.8 Å². The van der Waals surface area contributed by atoms with Gasteiger partial charge in [-0.3, -0.25) is 0 Å². The molecule has 34 heavy (non-hydrogen) atoms. The number of halogens is 2. The molecule has 1 aliphatic rings. The third-order valence-electron chi connectivity index (χ3n) is 5.45. The van der Waals surface area contributed by atoms with E-state index in [9.17, 15) is 4.79 Å². The Labute approximate surface area is 213 Å². The molecule has 0 spiro atoms. The van der Waals surface area contributed by atoms with Crippen LogP contribution in [0.15, 0.2) is 65.6 Å². The molecule has 0 radical (unpaired) electrons. The van der Waals surface area contributed by atoms with Crippen LogP contribution < -0.4 is 32.9 Å². The molecule has 182 valence electrons. The van der Waals surface area contributed by atoms with Gasteiger partial charge in [-0.25, -0.2) is 0 Å². The molecule has 2 heterocycles. The maximum absolute atomic E-state index is 15.6. The van der Waals surface area contributed by atoms with E-state index in [1.54, 1.807) is 12.3 Å². The number of ether oxygens (including phenoxy) is 2. The van der Waals surface area contributed by atoms with E-state index in [1.165, 1.54) is 25.7 Å². The van der Waals surface area contributed by atoms with Gasteiger partial charge in [0.15, 0.2) is 0 Å². The average Bonchev–Trinajstić information content (AvgIpc) is 3.11. The Morgan fingerprint density at radius 3 is 2.26 bits per heavy atom. The minimum atomic E-state index is -1.21. The summed E-state index contributed by atoms with van der Waals surface area (Å²) in [5.41, 5.74) is 9.59. The van der Waals surface area contributed by atoms with Gasteiger partial charge in [-0.2, -0.15) is 0 Å². The predicted octanol–water partition coefficient (Wildman–Crippen LogP) is 0.876. The number of nitrogens with zero attached hydrogens (tertiary/aromatic N) is 2. The zero-order valence-corrected chi connectivity index (χ0v) is 22.0. The first kappa shape index (κ1) is 25.2. The monoisotopic (exact) mass is 596 g/mol. The number of benzene rings is 2. The van der Waals surface area contributed by atoms with Crippen LogP contribution in [0.2, 0.25) is 0 Å². The summed E-state index contributed by atoms with van der Waals surface area (Å²) >= 11 is 0.512. The molecule has 0 bridgehead atoms. The number of alkyl halides is 2. The van der Waals surface area contributed by atoms with Crippen molar-refractivity contribution in [3.05, 3.63) is 93.5 Å². The van der Waals surface area contributed by atoms with E-state index in [2.05, 4.69) is 4.98 Å². The normalized spacial score (nSPS) is 22.3. The summed E-state index contributed by atoms with van der Waals surface area (Å²) in [5, 5.41) is -0.173. The van der Waals surface area contributed by atoms with Crippen molar-refractivity contribution in [1.82, 2.24) is 7.76 Å². The van der Waals surface area contributed by atoms with E-state index in [1.807, 2.05) is 62.4 Å². The zero-order chi connectivity index (χ0) is 24.1. The van der Waals surface area contributed by atoms with Crippen molar-refractivity contribution in [2.24, 2.45) is 0 Å². The molecule has 3 aromatic rings. The van der Waals surface area contributed by atoms with Crippen molar-refractivity contribution in [3.63, 3.8) is 0 Å². The molecular formula is C25H28FIN3O3S-. The molecule has 0 saturated carbocycles. The minimum absolute atomic E-state index is 0.169. The SMILES string of the molecule is Cc1ccc(COC[C@H]2SC([I-]n3ccc(N)nc3=O)[C@@H](F)[C@@H]2OCc2ccc(C)cc2)cc1. The molecule has 0 amide bonds. The quantitative estimate of drug-likeness (QED) is 0.292. The summed E-state index contributed by atoms with van der Waals surface area (Å²) in [6.45, 7) is 5.23. The molecule has 4 rings (SSSR count).